The Morgan fingerprint density at radius 3 is 2.21 bits per heavy atom. The molecule has 1 aromatic heterocycles. The third kappa shape index (κ3) is 4.79. The highest BCUT2D eigenvalue weighted by atomic mass is 16.6. The van der Waals surface area contributed by atoms with Crippen LogP contribution in [0.15, 0.2) is 24.3 Å². The minimum Gasteiger partial charge on any atom is -0.490 e. The van der Waals surface area contributed by atoms with Crippen LogP contribution in [0.3, 0.4) is 0 Å². The first-order chi connectivity index (χ1) is 13.3. The van der Waals surface area contributed by atoms with Crippen molar-refractivity contribution in [3.05, 3.63) is 46.8 Å². The van der Waals surface area contributed by atoms with E-state index in [-0.39, 0.29) is 18.1 Å². The molecule has 1 heterocycles. The normalized spacial score (nSPS) is 11.6. The molecule has 0 fully saturated rings. The molecule has 1 atom stereocenters. The average molecular weight is 387 g/mol. The Balaban J connectivity index is 2.00. The molecule has 1 N–H and O–H groups in total. The number of hydrogen-bond acceptors (Lipinski definition) is 6. The summed E-state index contributed by atoms with van der Waals surface area (Å²) in [6, 6.07) is 6.98. The largest absolute Gasteiger partial charge is 0.490 e. The molecule has 0 amide bonds. The van der Waals surface area contributed by atoms with E-state index in [0.29, 0.717) is 34.9 Å². The fraction of sp³-hybridized carbons (Fsp3) is 0.381. The molecule has 1 aromatic carbocycles. The summed E-state index contributed by atoms with van der Waals surface area (Å²) in [5, 5.41) is 0. The lowest BCUT2D eigenvalue weighted by molar-refractivity contribution is -0.148. The minimum atomic E-state index is -1.02. The van der Waals surface area contributed by atoms with Crippen molar-refractivity contribution in [3.63, 3.8) is 0 Å². The molecule has 7 heteroatoms. The summed E-state index contributed by atoms with van der Waals surface area (Å²) in [6.45, 7) is 8.29. The van der Waals surface area contributed by atoms with Crippen LogP contribution in [0.1, 0.15) is 52.9 Å². The van der Waals surface area contributed by atoms with Gasteiger partial charge in [0.05, 0.1) is 12.3 Å². The minimum absolute atomic E-state index is 0.128. The van der Waals surface area contributed by atoms with Crippen LogP contribution in [0.25, 0.3) is 0 Å². The van der Waals surface area contributed by atoms with Gasteiger partial charge in [-0.3, -0.25) is 9.59 Å². The summed E-state index contributed by atoms with van der Waals surface area (Å²) in [5.41, 5.74) is 1.92. The zero-order chi connectivity index (χ0) is 20.8. The summed E-state index contributed by atoms with van der Waals surface area (Å²) < 4.78 is 16.1. The van der Waals surface area contributed by atoms with Crippen molar-refractivity contribution in [3.8, 4) is 11.5 Å². The van der Waals surface area contributed by atoms with Crippen molar-refractivity contribution < 1.29 is 28.6 Å². The van der Waals surface area contributed by atoms with Gasteiger partial charge >= 0.3 is 5.97 Å². The second-order valence-electron chi connectivity index (χ2n) is 6.35. The molecule has 7 nitrogen and oxygen atoms in total. The van der Waals surface area contributed by atoms with Gasteiger partial charge in [-0.05, 0) is 52.3 Å². The van der Waals surface area contributed by atoms with E-state index in [1.54, 1.807) is 38.1 Å². The molecule has 0 aliphatic heterocycles. The van der Waals surface area contributed by atoms with Gasteiger partial charge in [0.25, 0.3) is 0 Å². The second-order valence-corrected chi connectivity index (χ2v) is 6.35. The van der Waals surface area contributed by atoms with E-state index in [2.05, 4.69) is 4.98 Å². The van der Waals surface area contributed by atoms with Crippen LogP contribution >= 0.6 is 0 Å². The number of esters is 1. The van der Waals surface area contributed by atoms with Crippen molar-refractivity contribution in [1.29, 1.82) is 0 Å². The third-order valence-electron chi connectivity index (χ3n) is 4.21. The molecule has 2 aromatic rings. The van der Waals surface area contributed by atoms with Gasteiger partial charge in [0.2, 0.25) is 5.78 Å². The highest BCUT2D eigenvalue weighted by Crippen LogP contribution is 2.26. The highest BCUT2D eigenvalue weighted by Gasteiger charge is 2.26. The molecule has 0 spiro atoms. The molecule has 0 radical (unpaired) electrons. The van der Waals surface area contributed by atoms with Crippen molar-refractivity contribution in [1.82, 2.24) is 4.98 Å². The van der Waals surface area contributed by atoms with Crippen LogP contribution in [0.2, 0.25) is 0 Å². The molecule has 0 saturated carbocycles. The molecule has 0 bridgehead atoms. The van der Waals surface area contributed by atoms with Crippen LogP contribution in [0.5, 0.6) is 11.5 Å². The number of ketones is 2. The third-order valence-corrected chi connectivity index (χ3v) is 4.21. The maximum Gasteiger partial charge on any atom is 0.344 e. The lowest BCUT2D eigenvalue weighted by atomic mass is 10.0. The fourth-order valence-corrected chi connectivity index (χ4v) is 2.99. The van der Waals surface area contributed by atoms with Gasteiger partial charge in [-0.25, -0.2) is 4.79 Å². The zero-order valence-corrected chi connectivity index (χ0v) is 16.8. The number of aryl methyl sites for hydroxylation is 1. The van der Waals surface area contributed by atoms with Crippen LogP contribution < -0.4 is 9.47 Å². The van der Waals surface area contributed by atoms with Gasteiger partial charge in [-0.2, -0.15) is 0 Å². The molecule has 0 aliphatic rings. The van der Waals surface area contributed by atoms with Gasteiger partial charge in [-0.1, -0.05) is 12.1 Å². The number of para-hydroxylation sites is 2. The molecular weight excluding hydrogens is 362 g/mol. The monoisotopic (exact) mass is 387 g/mol. The first-order valence-corrected chi connectivity index (χ1v) is 9.04. The second kappa shape index (κ2) is 9.21. The van der Waals surface area contributed by atoms with Crippen LogP contribution in [0.4, 0.5) is 0 Å². The van der Waals surface area contributed by atoms with Gasteiger partial charge in [0.1, 0.15) is 0 Å². The standard InChI is InChI=1S/C21H25NO6/c1-6-26-16-9-7-8-10-17(16)27-11-18(24)28-15(5)21(25)20-12(2)19(14(4)23)13(3)22-20/h7-10,15,22H,6,11H2,1-5H3/t15-/m0/s1. The quantitative estimate of drug-likeness (QED) is 0.523. The smallest absolute Gasteiger partial charge is 0.344 e. The number of ether oxygens (including phenoxy) is 3. The topological polar surface area (TPSA) is 94.7 Å². The molecule has 2 rings (SSSR count). The number of carbonyl (C=O) groups is 3. The maximum atomic E-state index is 12.6. The zero-order valence-electron chi connectivity index (χ0n) is 16.8. The van der Waals surface area contributed by atoms with Crippen molar-refractivity contribution >= 4 is 17.5 Å². The Morgan fingerprint density at radius 1 is 1.07 bits per heavy atom. The molecule has 0 saturated heterocycles. The van der Waals surface area contributed by atoms with Crippen LogP contribution in [-0.2, 0) is 9.53 Å². The first kappa shape index (κ1) is 21.2. The summed E-state index contributed by atoms with van der Waals surface area (Å²) in [7, 11) is 0. The Hall–Kier alpha value is -3.09. The first-order valence-electron chi connectivity index (χ1n) is 9.04. The predicted molar refractivity (Wildman–Crippen MR) is 103 cm³/mol. The fourth-order valence-electron chi connectivity index (χ4n) is 2.99. The number of aromatic nitrogens is 1. The predicted octanol–water partition coefficient (Wildman–Crippen LogP) is 3.43. The number of H-pyrrole nitrogens is 1. The van der Waals surface area contributed by atoms with Crippen molar-refractivity contribution in [2.45, 2.75) is 40.7 Å². The summed E-state index contributed by atoms with van der Waals surface area (Å²) in [6.07, 6.45) is -1.02. The summed E-state index contributed by atoms with van der Waals surface area (Å²) in [5.74, 6) is -0.272. The van der Waals surface area contributed by atoms with Crippen LogP contribution in [-0.4, -0.2) is 41.8 Å². The number of nitrogens with one attached hydrogen (secondary N) is 1. The molecule has 0 aliphatic carbocycles. The molecule has 0 unspecified atom stereocenters. The summed E-state index contributed by atoms with van der Waals surface area (Å²) in [4.78, 5) is 39.4. The average Bonchev–Trinajstić information content (AvgIpc) is 2.94. The van der Waals surface area contributed by atoms with Crippen molar-refractivity contribution in [2.24, 2.45) is 0 Å². The van der Waals surface area contributed by atoms with E-state index in [1.807, 2.05) is 6.92 Å². The number of benzene rings is 1. The van der Waals surface area contributed by atoms with Crippen molar-refractivity contribution in [2.75, 3.05) is 13.2 Å². The van der Waals surface area contributed by atoms with Gasteiger partial charge in [-0.15, -0.1) is 0 Å². The molecule has 28 heavy (non-hydrogen) atoms. The van der Waals surface area contributed by atoms with E-state index in [4.69, 9.17) is 14.2 Å². The van der Waals surface area contributed by atoms with E-state index < -0.39 is 17.9 Å². The lowest BCUT2D eigenvalue weighted by Gasteiger charge is -2.14. The Kier molecular flexibility index (Phi) is 6.98. The van der Waals surface area contributed by atoms with E-state index in [1.165, 1.54) is 13.8 Å². The van der Waals surface area contributed by atoms with Gasteiger partial charge in [0.15, 0.2) is 30.0 Å². The highest BCUT2D eigenvalue weighted by molar-refractivity contribution is 6.05. The number of Topliss-reactive ketones (excluding diaryl/α,β-unsaturated/α-hetero) is 2. The lowest BCUT2D eigenvalue weighted by Crippen LogP contribution is -2.28. The van der Waals surface area contributed by atoms with Gasteiger partial charge < -0.3 is 19.2 Å². The number of aromatic amines is 1. The van der Waals surface area contributed by atoms with Crippen LogP contribution in [0, 0.1) is 13.8 Å². The summed E-state index contributed by atoms with van der Waals surface area (Å²) >= 11 is 0. The Bertz CT molecular complexity index is 883. The Morgan fingerprint density at radius 2 is 1.68 bits per heavy atom. The molecule has 150 valence electrons. The van der Waals surface area contributed by atoms with E-state index in [9.17, 15) is 14.4 Å². The van der Waals surface area contributed by atoms with Gasteiger partial charge in [0, 0.05) is 11.3 Å². The SMILES string of the molecule is CCOc1ccccc1OCC(=O)O[C@@H](C)C(=O)c1[nH]c(C)c(C(C)=O)c1C. The number of carbonyl (C=O) groups excluding carboxylic acids is 3. The number of rotatable bonds is 9. The van der Waals surface area contributed by atoms with E-state index >= 15 is 0 Å². The Labute approximate surface area is 164 Å². The van der Waals surface area contributed by atoms with E-state index in [0.717, 1.165) is 0 Å². The number of hydrogen-bond donors (Lipinski definition) is 1. The maximum absolute atomic E-state index is 12.6. The molecular formula is C21H25NO6.